The van der Waals surface area contributed by atoms with Gasteiger partial charge in [0.15, 0.2) is 0 Å². The molecule has 0 aliphatic rings. The second-order valence-corrected chi connectivity index (χ2v) is 4.87. The minimum Gasteiger partial charge on any atom is -0.433 e. The lowest BCUT2D eigenvalue weighted by atomic mass is 10.1. The molecule has 0 aliphatic heterocycles. The molecule has 0 radical (unpaired) electrons. The Morgan fingerprint density at radius 1 is 0.789 bits per heavy atom. The molecule has 0 amide bonds. The van der Waals surface area contributed by atoms with Gasteiger partial charge in [0.05, 0.1) is 15.1 Å². The molecule has 19 heavy (non-hydrogen) atoms. The highest BCUT2D eigenvalue weighted by atomic mass is 35.5. The van der Waals surface area contributed by atoms with Gasteiger partial charge in [-0.25, -0.2) is 0 Å². The van der Waals surface area contributed by atoms with Crippen molar-refractivity contribution in [3.63, 3.8) is 0 Å². The molecule has 6 heteroatoms. The number of alkyl halides is 2. The van der Waals surface area contributed by atoms with Crippen LogP contribution in [0.5, 0.6) is 5.75 Å². The minimum atomic E-state index is -2.93. The molecule has 0 bridgehead atoms. The summed E-state index contributed by atoms with van der Waals surface area (Å²) >= 11 is 17.5. The Kier molecular flexibility index (Phi) is 4.50. The third-order valence-corrected chi connectivity index (χ3v) is 3.45. The fourth-order valence-electron chi connectivity index (χ4n) is 1.54. The average Bonchev–Trinajstić information content (AvgIpc) is 2.35. The number of halogens is 5. The van der Waals surface area contributed by atoms with Gasteiger partial charge in [-0.2, -0.15) is 8.78 Å². The molecule has 1 nitrogen and oxygen atoms in total. The van der Waals surface area contributed by atoms with Crippen molar-refractivity contribution in [1.29, 1.82) is 0 Å². The van der Waals surface area contributed by atoms with Crippen LogP contribution in [0, 0.1) is 0 Å². The SMILES string of the molecule is FC(F)Oc1cc(-c2ccc(Cl)c(Cl)c2)ccc1Cl. The maximum Gasteiger partial charge on any atom is 0.387 e. The van der Waals surface area contributed by atoms with Crippen LogP contribution in [-0.4, -0.2) is 6.61 Å². The van der Waals surface area contributed by atoms with E-state index in [1.165, 1.54) is 12.1 Å². The van der Waals surface area contributed by atoms with Gasteiger partial charge < -0.3 is 4.74 Å². The number of hydrogen-bond donors (Lipinski definition) is 0. The molecular weight excluding hydrogens is 316 g/mol. The quantitative estimate of drug-likeness (QED) is 0.681. The molecule has 2 aromatic carbocycles. The maximum atomic E-state index is 12.2. The molecule has 0 aliphatic carbocycles. The first-order valence-electron chi connectivity index (χ1n) is 5.17. The van der Waals surface area contributed by atoms with Gasteiger partial charge in [0.25, 0.3) is 0 Å². The predicted octanol–water partition coefficient (Wildman–Crippen LogP) is 5.92. The summed E-state index contributed by atoms with van der Waals surface area (Å²) in [5.74, 6) is -0.0831. The number of ether oxygens (including phenoxy) is 1. The van der Waals surface area contributed by atoms with Gasteiger partial charge in [-0.3, -0.25) is 0 Å². The summed E-state index contributed by atoms with van der Waals surface area (Å²) in [7, 11) is 0. The molecule has 0 spiro atoms. The average molecular weight is 324 g/mol. The zero-order valence-corrected chi connectivity index (χ0v) is 11.6. The summed E-state index contributed by atoms with van der Waals surface area (Å²) in [6, 6.07) is 9.58. The minimum absolute atomic E-state index is 0.0831. The van der Waals surface area contributed by atoms with Crippen molar-refractivity contribution < 1.29 is 13.5 Å². The van der Waals surface area contributed by atoms with E-state index in [4.69, 9.17) is 34.8 Å². The fourth-order valence-corrected chi connectivity index (χ4v) is 2.01. The van der Waals surface area contributed by atoms with Crippen LogP contribution in [0.4, 0.5) is 8.78 Å². The van der Waals surface area contributed by atoms with Gasteiger partial charge in [-0.05, 0) is 35.4 Å². The molecule has 0 aromatic heterocycles. The van der Waals surface area contributed by atoms with E-state index in [0.717, 1.165) is 5.56 Å². The molecule has 0 saturated carbocycles. The third-order valence-electron chi connectivity index (χ3n) is 2.40. The van der Waals surface area contributed by atoms with Crippen LogP contribution in [0.1, 0.15) is 0 Å². The van der Waals surface area contributed by atoms with Crippen LogP contribution < -0.4 is 4.74 Å². The number of benzene rings is 2. The molecule has 0 fully saturated rings. The van der Waals surface area contributed by atoms with E-state index in [1.807, 2.05) is 0 Å². The highest BCUT2D eigenvalue weighted by molar-refractivity contribution is 6.42. The molecule has 100 valence electrons. The van der Waals surface area contributed by atoms with Crippen LogP contribution in [-0.2, 0) is 0 Å². The largest absolute Gasteiger partial charge is 0.433 e. The Morgan fingerprint density at radius 3 is 1.95 bits per heavy atom. The van der Waals surface area contributed by atoms with Crippen molar-refractivity contribution in [2.24, 2.45) is 0 Å². The summed E-state index contributed by atoms with van der Waals surface area (Å²) in [6.45, 7) is -2.93. The lowest BCUT2D eigenvalue weighted by Crippen LogP contribution is -2.02. The van der Waals surface area contributed by atoms with E-state index in [0.29, 0.717) is 15.6 Å². The van der Waals surface area contributed by atoms with Crippen molar-refractivity contribution in [2.75, 3.05) is 0 Å². The van der Waals surface area contributed by atoms with Gasteiger partial charge in [0.1, 0.15) is 5.75 Å². The van der Waals surface area contributed by atoms with E-state index in [1.54, 1.807) is 24.3 Å². The Hall–Kier alpha value is -1.03. The van der Waals surface area contributed by atoms with E-state index in [-0.39, 0.29) is 10.8 Å². The Balaban J connectivity index is 2.42. The Morgan fingerprint density at radius 2 is 1.37 bits per heavy atom. The second kappa shape index (κ2) is 5.95. The van der Waals surface area contributed by atoms with Gasteiger partial charge in [-0.15, -0.1) is 0 Å². The van der Waals surface area contributed by atoms with Gasteiger partial charge in [-0.1, -0.05) is 46.9 Å². The molecule has 0 saturated heterocycles. The van der Waals surface area contributed by atoms with Crippen LogP contribution in [0.2, 0.25) is 15.1 Å². The van der Waals surface area contributed by atoms with Gasteiger partial charge in [0, 0.05) is 0 Å². The second-order valence-electron chi connectivity index (χ2n) is 3.65. The Labute approximate surface area is 123 Å². The van der Waals surface area contributed by atoms with Crippen molar-refractivity contribution >= 4 is 34.8 Å². The van der Waals surface area contributed by atoms with Crippen molar-refractivity contribution in [1.82, 2.24) is 0 Å². The van der Waals surface area contributed by atoms with Crippen LogP contribution >= 0.6 is 34.8 Å². The first kappa shape index (κ1) is 14.4. The van der Waals surface area contributed by atoms with E-state index >= 15 is 0 Å². The summed E-state index contributed by atoms with van der Waals surface area (Å²) in [5.41, 5.74) is 1.38. The summed E-state index contributed by atoms with van der Waals surface area (Å²) < 4.78 is 28.8. The monoisotopic (exact) mass is 322 g/mol. The molecular formula is C13H7Cl3F2O. The molecule has 0 heterocycles. The first-order chi connectivity index (χ1) is 8.97. The lowest BCUT2D eigenvalue weighted by molar-refractivity contribution is -0.0497. The van der Waals surface area contributed by atoms with Crippen LogP contribution in [0.25, 0.3) is 11.1 Å². The van der Waals surface area contributed by atoms with E-state index in [2.05, 4.69) is 4.74 Å². The smallest absolute Gasteiger partial charge is 0.387 e. The molecule has 0 N–H and O–H groups in total. The van der Waals surface area contributed by atoms with E-state index < -0.39 is 6.61 Å². The normalized spacial score (nSPS) is 10.8. The van der Waals surface area contributed by atoms with E-state index in [9.17, 15) is 8.78 Å². The van der Waals surface area contributed by atoms with Crippen molar-refractivity contribution in [2.45, 2.75) is 6.61 Å². The number of hydrogen-bond acceptors (Lipinski definition) is 1. The highest BCUT2D eigenvalue weighted by Crippen LogP contribution is 2.34. The van der Waals surface area contributed by atoms with Crippen molar-refractivity contribution in [3.05, 3.63) is 51.5 Å². The highest BCUT2D eigenvalue weighted by Gasteiger charge is 2.10. The Bertz CT molecular complexity index is 602. The van der Waals surface area contributed by atoms with Gasteiger partial charge >= 0.3 is 6.61 Å². The summed E-state index contributed by atoms with van der Waals surface area (Å²) in [4.78, 5) is 0. The molecule has 2 aromatic rings. The fraction of sp³-hybridized carbons (Fsp3) is 0.0769. The maximum absolute atomic E-state index is 12.2. The lowest BCUT2D eigenvalue weighted by Gasteiger charge is -2.09. The van der Waals surface area contributed by atoms with Crippen LogP contribution in [0.15, 0.2) is 36.4 Å². The van der Waals surface area contributed by atoms with Gasteiger partial charge in [0.2, 0.25) is 0 Å². The summed E-state index contributed by atoms with van der Waals surface area (Å²) in [6.07, 6.45) is 0. The third kappa shape index (κ3) is 3.50. The predicted molar refractivity (Wildman–Crippen MR) is 73.5 cm³/mol. The first-order valence-corrected chi connectivity index (χ1v) is 6.30. The standard InChI is InChI=1S/C13H7Cl3F2O/c14-9-3-1-7(5-11(9)16)8-2-4-10(15)12(6-8)19-13(17)18/h1-6,13H. The van der Waals surface area contributed by atoms with Crippen molar-refractivity contribution in [3.8, 4) is 16.9 Å². The summed E-state index contributed by atoms with van der Waals surface area (Å²) in [5, 5.41) is 0.915. The topological polar surface area (TPSA) is 9.23 Å². The molecule has 0 unspecified atom stereocenters. The van der Waals surface area contributed by atoms with Crippen LogP contribution in [0.3, 0.4) is 0 Å². The molecule has 2 rings (SSSR count). The molecule has 0 atom stereocenters. The zero-order chi connectivity index (χ0) is 14.0. The number of rotatable bonds is 3. The zero-order valence-electron chi connectivity index (χ0n) is 9.34.